The van der Waals surface area contributed by atoms with Crippen LogP contribution in [0, 0.1) is 17.1 Å². The average Bonchev–Trinajstić information content (AvgIpc) is 3.54. The summed E-state index contributed by atoms with van der Waals surface area (Å²) < 4.78 is 21.7. The Morgan fingerprint density at radius 2 is 2.10 bits per heavy atom. The fourth-order valence-electron chi connectivity index (χ4n) is 5.70. The number of imidazole rings is 1. The second-order valence-corrected chi connectivity index (χ2v) is 10.5. The number of halogens is 1. The van der Waals surface area contributed by atoms with Gasteiger partial charge in [-0.15, -0.1) is 0 Å². The van der Waals surface area contributed by atoms with Crippen LogP contribution in [0.3, 0.4) is 0 Å². The lowest BCUT2D eigenvalue weighted by molar-refractivity contribution is 0.0633. The number of amides is 1. The summed E-state index contributed by atoms with van der Waals surface area (Å²) in [5.74, 6) is 0.303. The molecule has 1 N–H and O–H groups in total. The van der Waals surface area contributed by atoms with Gasteiger partial charge in [0.25, 0.3) is 5.91 Å². The average molecular weight is 532 g/mol. The van der Waals surface area contributed by atoms with E-state index in [4.69, 9.17) is 4.74 Å². The van der Waals surface area contributed by atoms with E-state index in [0.29, 0.717) is 44.0 Å². The molecular weight excluding hydrogens is 497 g/mol. The van der Waals surface area contributed by atoms with E-state index >= 15 is 0 Å². The molecule has 1 aliphatic carbocycles. The molecule has 0 bridgehead atoms. The van der Waals surface area contributed by atoms with Gasteiger partial charge in [0.05, 0.1) is 43.7 Å². The minimum atomic E-state index is -0.516. The number of anilines is 1. The first-order valence-electron chi connectivity index (χ1n) is 13.3. The molecule has 9 nitrogen and oxygen atoms in total. The van der Waals surface area contributed by atoms with Gasteiger partial charge in [0, 0.05) is 49.6 Å². The van der Waals surface area contributed by atoms with E-state index in [9.17, 15) is 14.4 Å². The molecule has 2 aliphatic rings. The molecule has 39 heavy (non-hydrogen) atoms. The number of pyridine rings is 1. The summed E-state index contributed by atoms with van der Waals surface area (Å²) in [6.45, 7) is 6.07. The van der Waals surface area contributed by atoms with Crippen LogP contribution in [0.25, 0.3) is 0 Å². The Kier molecular flexibility index (Phi) is 7.28. The van der Waals surface area contributed by atoms with Crippen molar-refractivity contribution in [2.75, 3.05) is 39.1 Å². The minimum absolute atomic E-state index is 0.0652. The van der Waals surface area contributed by atoms with E-state index in [1.807, 2.05) is 47.6 Å². The molecule has 1 saturated carbocycles. The van der Waals surface area contributed by atoms with Gasteiger partial charge in [-0.05, 0) is 56.5 Å². The number of nitrogens with one attached hydrogen (secondary N) is 1. The van der Waals surface area contributed by atoms with Gasteiger partial charge in [-0.2, -0.15) is 5.26 Å². The number of hydrogen-bond acceptors (Lipinski definition) is 7. The van der Waals surface area contributed by atoms with Crippen molar-refractivity contribution in [2.45, 2.75) is 51.2 Å². The fraction of sp³-hybridized carbons (Fsp3) is 0.448. The van der Waals surface area contributed by atoms with Crippen LogP contribution < -0.4 is 10.1 Å². The van der Waals surface area contributed by atoms with E-state index in [1.165, 1.54) is 0 Å². The summed E-state index contributed by atoms with van der Waals surface area (Å²) in [4.78, 5) is 26.7. The predicted molar refractivity (Wildman–Crippen MR) is 145 cm³/mol. The summed E-state index contributed by atoms with van der Waals surface area (Å²) in [5.41, 5.74) is 4.33. The van der Waals surface area contributed by atoms with Gasteiger partial charge in [-0.3, -0.25) is 14.7 Å². The van der Waals surface area contributed by atoms with Crippen molar-refractivity contribution in [2.24, 2.45) is 0 Å². The Bertz CT molecular complexity index is 1430. The standard InChI is InChI=1S/C29H34FN7O2/c1-5-39-25-14-24(34-15-23(25)30)19(2)37-18-29(6-7-29)26-21(17-35(4)10-8-31)12-20(13-22(26)27(37)38)16-36-11-9-33-28(36)32-3/h9,11-15,19H,5-7,10,16-18H2,1-4H3,(H,32,33)/t19-/m0/s1. The molecule has 1 aliphatic heterocycles. The summed E-state index contributed by atoms with van der Waals surface area (Å²) in [6, 6.07) is 7.65. The Labute approximate surface area is 228 Å². The van der Waals surface area contributed by atoms with Crippen molar-refractivity contribution in [3.63, 3.8) is 0 Å². The van der Waals surface area contributed by atoms with Crippen molar-refractivity contribution in [1.29, 1.82) is 5.26 Å². The van der Waals surface area contributed by atoms with E-state index < -0.39 is 5.82 Å². The number of benzene rings is 1. The van der Waals surface area contributed by atoms with Crippen molar-refractivity contribution < 1.29 is 13.9 Å². The Morgan fingerprint density at radius 1 is 1.31 bits per heavy atom. The zero-order valence-electron chi connectivity index (χ0n) is 22.9. The van der Waals surface area contributed by atoms with Gasteiger partial charge in [0.2, 0.25) is 5.95 Å². The fourth-order valence-corrected chi connectivity index (χ4v) is 5.70. The van der Waals surface area contributed by atoms with E-state index in [0.717, 1.165) is 41.7 Å². The molecule has 5 rings (SSSR count). The third-order valence-electron chi connectivity index (χ3n) is 7.74. The van der Waals surface area contributed by atoms with E-state index in [2.05, 4.69) is 27.4 Å². The Hall–Kier alpha value is -3.97. The van der Waals surface area contributed by atoms with Crippen molar-refractivity contribution in [3.8, 4) is 11.8 Å². The topological polar surface area (TPSA) is 99.3 Å². The molecule has 10 heteroatoms. The van der Waals surface area contributed by atoms with Gasteiger partial charge in [-0.1, -0.05) is 6.07 Å². The van der Waals surface area contributed by atoms with Gasteiger partial charge >= 0.3 is 0 Å². The number of rotatable bonds is 10. The van der Waals surface area contributed by atoms with Crippen LogP contribution in [0.2, 0.25) is 0 Å². The number of nitriles is 1. The van der Waals surface area contributed by atoms with Crippen LogP contribution in [0.4, 0.5) is 10.3 Å². The highest BCUT2D eigenvalue weighted by Crippen LogP contribution is 2.55. The number of carbonyl (C=O) groups is 1. The third-order valence-corrected chi connectivity index (χ3v) is 7.74. The maximum atomic E-state index is 14.2. The second kappa shape index (κ2) is 10.7. The van der Waals surface area contributed by atoms with Gasteiger partial charge in [0.15, 0.2) is 11.6 Å². The van der Waals surface area contributed by atoms with Crippen LogP contribution in [0.1, 0.15) is 65.5 Å². The summed E-state index contributed by atoms with van der Waals surface area (Å²) in [6.07, 6.45) is 6.78. The second-order valence-electron chi connectivity index (χ2n) is 10.5. The highest BCUT2D eigenvalue weighted by atomic mass is 19.1. The van der Waals surface area contributed by atoms with Crippen LogP contribution in [-0.4, -0.2) is 64.0 Å². The highest BCUT2D eigenvalue weighted by molar-refractivity contribution is 5.98. The largest absolute Gasteiger partial charge is 0.491 e. The lowest BCUT2D eigenvalue weighted by Gasteiger charge is -2.40. The molecule has 1 atom stereocenters. The normalized spacial score (nSPS) is 16.2. The molecule has 1 fully saturated rings. The quantitative estimate of drug-likeness (QED) is 0.393. The zero-order valence-corrected chi connectivity index (χ0v) is 22.9. The number of hydrogen-bond donors (Lipinski definition) is 1. The predicted octanol–water partition coefficient (Wildman–Crippen LogP) is 4.11. The first-order chi connectivity index (χ1) is 18.8. The number of carbonyl (C=O) groups excluding carboxylic acids is 1. The summed E-state index contributed by atoms with van der Waals surface area (Å²) >= 11 is 0. The van der Waals surface area contributed by atoms with Crippen molar-refractivity contribution in [1.82, 2.24) is 24.3 Å². The molecule has 0 radical (unpaired) electrons. The molecule has 204 valence electrons. The SMILES string of the molecule is CCOc1cc([C@H](C)N2CC3(CC3)c3c(CN(C)CC#N)cc(Cn4ccnc4NC)cc3C2=O)ncc1F. The summed E-state index contributed by atoms with van der Waals surface area (Å²) in [5, 5.41) is 12.4. The maximum Gasteiger partial charge on any atom is 0.254 e. The zero-order chi connectivity index (χ0) is 27.7. The van der Waals surface area contributed by atoms with Gasteiger partial charge in [-0.25, -0.2) is 9.37 Å². The van der Waals surface area contributed by atoms with Crippen LogP contribution in [-0.2, 0) is 18.5 Å². The molecule has 0 saturated heterocycles. The Balaban J connectivity index is 1.56. The van der Waals surface area contributed by atoms with Gasteiger partial charge < -0.3 is 19.5 Å². The van der Waals surface area contributed by atoms with Gasteiger partial charge in [0.1, 0.15) is 0 Å². The number of ether oxygens (including phenoxy) is 1. The maximum absolute atomic E-state index is 14.2. The molecule has 0 unspecified atom stereocenters. The molecule has 2 aromatic heterocycles. The van der Waals surface area contributed by atoms with Crippen LogP contribution >= 0.6 is 0 Å². The number of nitrogens with zero attached hydrogens (tertiary/aromatic N) is 6. The first-order valence-corrected chi connectivity index (χ1v) is 13.3. The summed E-state index contributed by atoms with van der Waals surface area (Å²) in [7, 11) is 3.75. The molecule has 3 aromatic rings. The minimum Gasteiger partial charge on any atom is -0.491 e. The third kappa shape index (κ3) is 5.06. The number of aromatic nitrogens is 3. The Morgan fingerprint density at radius 3 is 2.79 bits per heavy atom. The molecule has 1 amide bonds. The van der Waals surface area contributed by atoms with Crippen molar-refractivity contribution >= 4 is 11.9 Å². The van der Waals surface area contributed by atoms with Crippen LogP contribution in [0.5, 0.6) is 5.75 Å². The van der Waals surface area contributed by atoms with E-state index in [1.54, 1.807) is 19.2 Å². The van der Waals surface area contributed by atoms with E-state index in [-0.39, 0.29) is 23.1 Å². The lowest BCUT2D eigenvalue weighted by atomic mass is 9.81. The smallest absolute Gasteiger partial charge is 0.254 e. The highest BCUT2D eigenvalue weighted by Gasteiger charge is 2.53. The molecule has 1 spiro atoms. The molecule has 3 heterocycles. The monoisotopic (exact) mass is 531 g/mol. The number of fused-ring (bicyclic) bond motifs is 2. The van der Waals surface area contributed by atoms with Crippen LogP contribution in [0.15, 0.2) is 36.8 Å². The van der Waals surface area contributed by atoms with Crippen molar-refractivity contribution in [3.05, 3.63) is 70.6 Å². The molecular formula is C29H34FN7O2. The molecule has 1 aromatic carbocycles. The lowest BCUT2D eigenvalue weighted by Crippen LogP contribution is -2.45. The first kappa shape index (κ1) is 26.6.